The van der Waals surface area contributed by atoms with Crippen LogP contribution in [0.3, 0.4) is 0 Å². The summed E-state index contributed by atoms with van der Waals surface area (Å²) in [6.45, 7) is -0.627. The molecule has 2 rings (SSSR count). The molecule has 0 atom stereocenters. The molecule has 10 heteroatoms. The first kappa shape index (κ1) is 18.3. The van der Waals surface area contributed by atoms with E-state index in [4.69, 9.17) is 23.2 Å². The first-order chi connectivity index (χ1) is 11.2. The number of carbonyl (C=O) groups excluding carboxylic acids is 1. The van der Waals surface area contributed by atoms with Crippen molar-refractivity contribution in [2.24, 2.45) is 0 Å². The fourth-order valence-electron chi connectivity index (χ4n) is 1.90. The number of hydrogen-bond donors (Lipinski definition) is 1. The number of halogens is 6. The van der Waals surface area contributed by atoms with Gasteiger partial charge in [0.25, 0.3) is 11.9 Å². The lowest BCUT2D eigenvalue weighted by atomic mass is 10.3. The van der Waals surface area contributed by atoms with Gasteiger partial charge in [-0.05, 0) is 12.1 Å². The molecule has 0 aliphatic heterocycles. The molecular formula is C14H9Cl2F4N3O. The number of pyridine rings is 1. The van der Waals surface area contributed by atoms with Gasteiger partial charge < -0.3 is 10.2 Å². The molecule has 0 radical (unpaired) electrons. The minimum Gasteiger partial charge on any atom is -0.360 e. The zero-order valence-corrected chi connectivity index (χ0v) is 13.5. The number of nitrogens with one attached hydrogen (secondary N) is 1. The van der Waals surface area contributed by atoms with E-state index >= 15 is 0 Å². The Hall–Kier alpha value is -2.06. The lowest BCUT2D eigenvalue weighted by molar-refractivity contribution is -0.114. The minimum absolute atomic E-state index is 0.104. The van der Waals surface area contributed by atoms with Crippen LogP contribution in [0.4, 0.5) is 28.9 Å². The van der Waals surface area contributed by atoms with Crippen molar-refractivity contribution in [1.82, 2.24) is 4.98 Å². The van der Waals surface area contributed by atoms with Crippen LogP contribution in [0.15, 0.2) is 18.2 Å². The van der Waals surface area contributed by atoms with Gasteiger partial charge in [-0.2, -0.15) is 22.5 Å². The summed E-state index contributed by atoms with van der Waals surface area (Å²) in [5, 5.41) is 2.65. The number of hydrogen-bond acceptors (Lipinski definition) is 3. The molecule has 0 aliphatic rings. The van der Waals surface area contributed by atoms with Crippen LogP contribution in [-0.2, 0) is 4.79 Å². The molecule has 0 saturated heterocycles. The van der Waals surface area contributed by atoms with E-state index in [1.54, 1.807) is 6.07 Å². The number of nitrogens with zero attached hydrogens (tertiary/aromatic N) is 2. The first-order valence-corrected chi connectivity index (χ1v) is 7.13. The molecule has 1 heterocycles. The number of likely N-dealkylation sites (N-methyl/N-ethyl adjacent to an activating group) is 1. The van der Waals surface area contributed by atoms with Gasteiger partial charge in [0.05, 0.1) is 22.3 Å². The Morgan fingerprint density at radius 2 is 1.62 bits per heavy atom. The third-order valence-corrected chi connectivity index (χ3v) is 3.59. The number of benzene rings is 1. The Labute approximate surface area is 144 Å². The predicted octanol–water partition coefficient (Wildman–Crippen LogP) is 4.02. The van der Waals surface area contributed by atoms with Gasteiger partial charge >= 0.3 is 0 Å². The standard InChI is InChI=1S/C14H9Cl2F4N3O/c1-23(12-9(17)13(19)22-14(20)10(12)18)5-8(24)21-11-6(15)3-2-4-7(11)16/h2-4H,5H2,1H3,(H,21,24). The van der Waals surface area contributed by atoms with Crippen LogP contribution in [0.2, 0.25) is 10.0 Å². The topological polar surface area (TPSA) is 45.2 Å². The van der Waals surface area contributed by atoms with E-state index in [1.807, 2.05) is 0 Å². The summed E-state index contributed by atoms with van der Waals surface area (Å²) in [5.74, 6) is -7.81. The third kappa shape index (κ3) is 3.70. The molecule has 0 aliphatic carbocycles. The summed E-state index contributed by atoms with van der Waals surface area (Å²) in [6, 6.07) is 4.50. The van der Waals surface area contributed by atoms with Crippen molar-refractivity contribution in [2.75, 3.05) is 23.8 Å². The Morgan fingerprint density at radius 3 is 2.12 bits per heavy atom. The average Bonchev–Trinajstić information content (AvgIpc) is 2.49. The van der Waals surface area contributed by atoms with Gasteiger partial charge in [-0.25, -0.2) is 0 Å². The molecule has 1 N–H and O–H groups in total. The highest BCUT2D eigenvalue weighted by atomic mass is 35.5. The van der Waals surface area contributed by atoms with Crippen molar-refractivity contribution in [3.8, 4) is 0 Å². The molecule has 2 aromatic rings. The number of para-hydroxylation sites is 1. The SMILES string of the molecule is CN(CC(=O)Nc1c(Cl)cccc1Cl)c1c(F)c(F)nc(F)c1F. The van der Waals surface area contributed by atoms with E-state index in [2.05, 4.69) is 10.3 Å². The third-order valence-electron chi connectivity index (χ3n) is 2.96. The van der Waals surface area contributed by atoms with Gasteiger partial charge in [0, 0.05) is 7.05 Å². The number of amides is 1. The van der Waals surface area contributed by atoms with Crippen LogP contribution >= 0.6 is 23.2 Å². The molecule has 1 aromatic heterocycles. The van der Waals surface area contributed by atoms with Gasteiger partial charge in [-0.3, -0.25) is 4.79 Å². The van der Waals surface area contributed by atoms with Gasteiger partial charge in [0.1, 0.15) is 5.69 Å². The zero-order chi connectivity index (χ0) is 18.0. The molecular weight excluding hydrogens is 373 g/mol. The summed E-state index contributed by atoms with van der Waals surface area (Å²) < 4.78 is 53.5. The molecule has 0 unspecified atom stereocenters. The summed E-state index contributed by atoms with van der Waals surface area (Å²) in [7, 11) is 1.08. The molecule has 1 aromatic carbocycles. The fourth-order valence-corrected chi connectivity index (χ4v) is 2.39. The first-order valence-electron chi connectivity index (χ1n) is 6.37. The van der Waals surface area contributed by atoms with Crippen LogP contribution in [-0.4, -0.2) is 24.5 Å². The van der Waals surface area contributed by atoms with Gasteiger partial charge in [0.2, 0.25) is 17.5 Å². The van der Waals surface area contributed by atoms with Gasteiger partial charge in [0.15, 0.2) is 0 Å². The van der Waals surface area contributed by atoms with Crippen LogP contribution in [0.25, 0.3) is 0 Å². The van der Waals surface area contributed by atoms with Crippen molar-refractivity contribution >= 4 is 40.5 Å². The molecule has 4 nitrogen and oxygen atoms in total. The van der Waals surface area contributed by atoms with E-state index < -0.39 is 41.7 Å². The highest BCUT2D eigenvalue weighted by molar-refractivity contribution is 6.39. The summed E-state index contributed by atoms with van der Waals surface area (Å²) in [4.78, 5) is 15.1. The van der Waals surface area contributed by atoms with E-state index in [9.17, 15) is 22.4 Å². The largest absolute Gasteiger partial charge is 0.360 e. The minimum atomic E-state index is -1.81. The number of anilines is 2. The summed E-state index contributed by atoms with van der Waals surface area (Å²) >= 11 is 11.8. The monoisotopic (exact) mass is 381 g/mol. The number of rotatable bonds is 4. The van der Waals surface area contributed by atoms with E-state index in [0.29, 0.717) is 4.90 Å². The van der Waals surface area contributed by atoms with Crippen molar-refractivity contribution in [3.05, 3.63) is 51.8 Å². The molecule has 128 valence electrons. The Morgan fingerprint density at radius 1 is 1.12 bits per heavy atom. The van der Waals surface area contributed by atoms with Gasteiger partial charge in [-0.1, -0.05) is 29.3 Å². The van der Waals surface area contributed by atoms with Crippen LogP contribution < -0.4 is 10.2 Å². The Balaban J connectivity index is 2.21. The molecule has 0 fully saturated rings. The maximum Gasteiger partial charge on any atom is 0.253 e. The lowest BCUT2D eigenvalue weighted by Gasteiger charge is -2.20. The van der Waals surface area contributed by atoms with Crippen LogP contribution in [0.1, 0.15) is 0 Å². The zero-order valence-electron chi connectivity index (χ0n) is 12.0. The van der Waals surface area contributed by atoms with E-state index in [0.717, 1.165) is 7.05 Å². The predicted molar refractivity (Wildman–Crippen MR) is 82.4 cm³/mol. The van der Waals surface area contributed by atoms with Crippen molar-refractivity contribution in [1.29, 1.82) is 0 Å². The fraction of sp³-hybridized carbons (Fsp3) is 0.143. The lowest BCUT2D eigenvalue weighted by Crippen LogP contribution is -2.32. The molecule has 24 heavy (non-hydrogen) atoms. The maximum absolute atomic E-state index is 13.6. The Kier molecular flexibility index (Phi) is 5.51. The average molecular weight is 382 g/mol. The van der Waals surface area contributed by atoms with Crippen LogP contribution in [0.5, 0.6) is 0 Å². The molecule has 0 bridgehead atoms. The maximum atomic E-state index is 13.6. The molecule has 0 spiro atoms. The normalized spacial score (nSPS) is 10.6. The van der Waals surface area contributed by atoms with E-state index in [1.165, 1.54) is 12.1 Å². The Bertz CT molecular complexity index is 758. The van der Waals surface area contributed by atoms with Crippen molar-refractivity contribution in [3.63, 3.8) is 0 Å². The second-order valence-electron chi connectivity index (χ2n) is 4.67. The highest BCUT2D eigenvalue weighted by Gasteiger charge is 2.25. The smallest absolute Gasteiger partial charge is 0.253 e. The second-order valence-corrected chi connectivity index (χ2v) is 5.49. The summed E-state index contributed by atoms with van der Waals surface area (Å²) in [6.07, 6.45) is 0. The van der Waals surface area contributed by atoms with Crippen molar-refractivity contribution in [2.45, 2.75) is 0 Å². The van der Waals surface area contributed by atoms with Crippen LogP contribution in [0, 0.1) is 23.5 Å². The van der Waals surface area contributed by atoms with E-state index in [-0.39, 0.29) is 15.7 Å². The second kappa shape index (κ2) is 7.23. The molecule has 0 saturated carbocycles. The highest BCUT2D eigenvalue weighted by Crippen LogP contribution is 2.30. The van der Waals surface area contributed by atoms with Crippen molar-refractivity contribution < 1.29 is 22.4 Å². The number of aromatic nitrogens is 1. The quantitative estimate of drug-likeness (QED) is 0.642. The van der Waals surface area contributed by atoms with Gasteiger partial charge in [-0.15, -0.1) is 0 Å². The number of carbonyl (C=O) groups is 1. The summed E-state index contributed by atoms with van der Waals surface area (Å²) in [5.41, 5.74) is -0.951. The molecule has 1 amide bonds.